The predicted octanol–water partition coefficient (Wildman–Crippen LogP) is 4.33. The Bertz CT molecular complexity index is 551. The Hall–Kier alpha value is -2.03. The van der Waals surface area contributed by atoms with E-state index >= 15 is 0 Å². The van der Waals surface area contributed by atoms with Crippen molar-refractivity contribution in [1.29, 1.82) is 0 Å². The second-order valence-electron chi connectivity index (χ2n) is 4.86. The van der Waals surface area contributed by atoms with Gasteiger partial charge < -0.3 is 10.5 Å². The lowest BCUT2D eigenvalue weighted by molar-refractivity contribution is 0.300. The molecule has 0 fully saturated rings. The molecule has 0 spiro atoms. The van der Waals surface area contributed by atoms with E-state index in [2.05, 4.69) is 19.1 Å². The summed E-state index contributed by atoms with van der Waals surface area (Å²) in [6.07, 6.45) is 3.46. The molecule has 2 N–H and O–H groups in total. The monoisotopic (exact) mass is 273 g/mol. The maximum Gasteiger partial charge on any atom is 0.152 e. The zero-order chi connectivity index (χ0) is 14.4. The summed E-state index contributed by atoms with van der Waals surface area (Å²) >= 11 is 0. The number of benzene rings is 2. The normalized spacial score (nSPS) is 10.5. The van der Waals surface area contributed by atoms with Gasteiger partial charge in [-0.15, -0.1) is 0 Å². The summed E-state index contributed by atoms with van der Waals surface area (Å²) in [4.78, 5) is 0. The van der Waals surface area contributed by atoms with Crippen molar-refractivity contribution in [1.82, 2.24) is 0 Å². The van der Waals surface area contributed by atoms with Crippen LogP contribution >= 0.6 is 0 Å². The third-order valence-corrected chi connectivity index (χ3v) is 3.25. The first-order valence-corrected chi connectivity index (χ1v) is 6.95. The van der Waals surface area contributed by atoms with Crippen molar-refractivity contribution in [2.45, 2.75) is 32.8 Å². The summed E-state index contributed by atoms with van der Waals surface area (Å²) in [6, 6.07) is 12.9. The van der Waals surface area contributed by atoms with E-state index in [9.17, 15) is 4.39 Å². The zero-order valence-electron chi connectivity index (χ0n) is 11.7. The van der Waals surface area contributed by atoms with Gasteiger partial charge >= 0.3 is 0 Å². The van der Waals surface area contributed by atoms with E-state index in [1.165, 1.54) is 18.4 Å². The van der Waals surface area contributed by atoms with E-state index in [1.54, 1.807) is 18.2 Å². The van der Waals surface area contributed by atoms with Crippen molar-refractivity contribution >= 4 is 5.69 Å². The highest BCUT2D eigenvalue weighted by atomic mass is 19.1. The number of aryl methyl sites for hydroxylation is 1. The molecule has 0 bridgehead atoms. The second kappa shape index (κ2) is 6.94. The van der Waals surface area contributed by atoms with E-state index in [4.69, 9.17) is 10.5 Å². The van der Waals surface area contributed by atoms with Gasteiger partial charge in [-0.05, 0) is 36.6 Å². The van der Waals surface area contributed by atoms with Gasteiger partial charge in [0.2, 0.25) is 0 Å². The number of hydrogen-bond donors (Lipinski definition) is 1. The predicted molar refractivity (Wildman–Crippen MR) is 80.2 cm³/mol. The maximum absolute atomic E-state index is 13.7. The highest BCUT2D eigenvalue weighted by Crippen LogP contribution is 2.19. The molecule has 2 aromatic rings. The molecule has 0 atom stereocenters. The lowest BCUT2D eigenvalue weighted by Gasteiger charge is -2.09. The van der Waals surface area contributed by atoms with Gasteiger partial charge in [0, 0.05) is 5.56 Å². The van der Waals surface area contributed by atoms with Gasteiger partial charge in [0.25, 0.3) is 0 Å². The van der Waals surface area contributed by atoms with Crippen molar-refractivity contribution in [3.05, 3.63) is 59.4 Å². The standard InChI is InChI=1S/C17H20FNO/c1-2-3-5-13-8-10-15(11-9-13)20-12-14-6-4-7-16(19)17(14)18/h4,6-11H,2-3,5,12,19H2,1H3. The van der Waals surface area contributed by atoms with Gasteiger partial charge in [-0.1, -0.05) is 37.6 Å². The summed E-state index contributed by atoms with van der Waals surface area (Å²) in [5.74, 6) is 0.346. The molecule has 0 aromatic heterocycles. The summed E-state index contributed by atoms with van der Waals surface area (Å²) in [5.41, 5.74) is 7.45. The fraction of sp³-hybridized carbons (Fsp3) is 0.294. The van der Waals surface area contributed by atoms with Gasteiger partial charge in [-0.3, -0.25) is 0 Å². The average molecular weight is 273 g/mol. The molecule has 0 aliphatic rings. The third kappa shape index (κ3) is 3.73. The van der Waals surface area contributed by atoms with Crippen LogP contribution in [-0.2, 0) is 13.0 Å². The number of nitrogen functional groups attached to an aromatic ring is 1. The molecule has 20 heavy (non-hydrogen) atoms. The molecular formula is C17H20FNO. The molecule has 2 aromatic carbocycles. The number of halogens is 1. The van der Waals surface area contributed by atoms with Crippen LogP contribution in [-0.4, -0.2) is 0 Å². The van der Waals surface area contributed by atoms with Gasteiger partial charge in [0.15, 0.2) is 5.82 Å². The fourth-order valence-electron chi connectivity index (χ4n) is 2.01. The van der Waals surface area contributed by atoms with Crippen molar-refractivity contribution in [3.63, 3.8) is 0 Å². The molecule has 2 rings (SSSR count). The summed E-state index contributed by atoms with van der Waals surface area (Å²) in [7, 11) is 0. The summed E-state index contributed by atoms with van der Waals surface area (Å²) in [5, 5.41) is 0. The smallest absolute Gasteiger partial charge is 0.152 e. The second-order valence-corrected chi connectivity index (χ2v) is 4.86. The van der Waals surface area contributed by atoms with Crippen molar-refractivity contribution in [2.75, 3.05) is 5.73 Å². The molecule has 0 aliphatic carbocycles. The molecule has 3 heteroatoms. The molecule has 0 aliphatic heterocycles. The molecular weight excluding hydrogens is 253 g/mol. The maximum atomic E-state index is 13.7. The minimum absolute atomic E-state index is 0.154. The van der Waals surface area contributed by atoms with Crippen LogP contribution in [0.4, 0.5) is 10.1 Å². The van der Waals surface area contributed by atoms with Crippen LogP contribution in [0.3, 0.4) is 0 Å². The zero-order valence-corrected chi connectivity index (χ0v) is 11.7. The molecule has 0 amide bonds. The number of ether oxygens (including phenoxy) is 1. The molecule has 0 saturated heterocycles. The summed E-state index contributed by atoms with van der Waals surface area (Å²) in [6.45, 7) is 2.36. The van der Waals surface area contributed by atoms with Gasteiger partial charge in [0.05, 0.1) is 5.69 Å². The Balaban J connectivity index is 1.95. The van der Waals surface area contributed by atoms with E-state index in [0.29, 0.717) is 5.56 Å². The number of hydrogen-bond acceptors (Lipinski definition) is 2. The Morgan fingerprint density at radius 2 is 1.85 bits per heavy atom. The Labute approximate surface area is 119 Å². The van der Waals surface area contributed by atoms with E-state index in [1.807, 2.05) is 12.1 Å². The minimum atomic E-state index is -0.396. The van der Waals surface area contributed by atoms with E-state index in [-0.39, 0.29) is 12.3 Å². The number of nitrogens with two attached hydrogens (primary N) is 1. The average Bonchev–Trinajstić information content (AvgIpc) is 2.48. The van der Waals surface area contributed by atoms with Gasteiger partial charge in [-0.25, -0.2) is 4.39 Å². The Morgan fingerprint density at radius 1 is 1.10 bits per heavy atom. The fourth-order valence-corrected chi connectivity index (χ4v) is 2.01. The van der Waals surface area contributed by atoms with Gasteiger partial charge in [0.1, 0.15) is 12.4 Å². The van der Waals surface area contributed by atoms with Gasteiger partial charge in [-0.2, -0.15) is 0 Å². The lowest BCUT2D eigenvalue weighted by Crippen LogP contribution is -2.01. The van der Waals surface area contributed by atoms with Crippen LogP contribution in [0.15, 0.2) is 42.5 Å². The molecule has 0 radical (unpaired) electrons. The highest BCUT2D eigenvalue weighted by Gasteiger charge is 2.06. The van der Waals surface area contributed by atoms with Crippen LogP contribution in [0.25, 0.3) is 0 Å². The van der Waals surface area contributed by atoms with E-state index in [0.717, 1.165) is 12.2 Å². The lowest BCUT2D eigenvalue weighted by atomic mass is 10.1. The van der Waals surface area contributed by atoms with E-state index < -0.39 is 5.82 Å². The van der Waals surface area contributed by atoms with Crippen LogP contribution in [0, 0.1) is 5.82 Å². The molecule has 106 valence electrons. The van der Waals surface area contributed by atoms with Crippen LogP contribution in [0.1, 0.15) is 30.9 Å². The molecule has 0 unspecified atom stereocenters. The third-order valence-electron chi connectivity index (χ3n) is 3.25. The van der Waals surface area contributed by atoms with Crippen molar-refractivity contribution in [2.24, 2.45) is 0 Å². The van der Waals surface area contributed by atoms with Crippen molar-refractivity contribution < 1.29 is 9.13 Å². The number of rotatable bonds is 6. The topological polar surface area (TPSA) is 35.2 Å². The van der Waals surface area contributed by atoms with Crippen LogP contribution < -0.4 is 10.5 Å². The molecule has 0 saturated carbocycles. The SMILES string of the molecule is CCCCc1ccc(OCc2cccc(N)c2F)cc1. The first-order chi connectivity index (χ1) is 9.70. The quantitative estimate of drug-likeness (QED) is 0.795. The Kier molecular flexibility index (Phi) is 4.99. The van der Waals surface area contributed by atoms with Crippen molar-refractivity contribution in [3.8, 4) is 5.75 Å². The van der Waals surface area contributed by atoms with Crippen LogP contribution in [0.5, 0.6) is 5.75 Å². The number of anilines is 1. The largest absolute Gasteiger partial charge is 0.489 e. The van der Waals surface area contributed by atoms with Crippen LogP contribution in [0.2, 0.25) is 0 Å². The number of unbranched alkanes of at least 4 members (excludes halogenated alkanes) is 1. The molecule has 2 nitrogen and oxygen atoms in total. The first-order valence-electron chi connectivity index (χ1n) is 6.95. The minimum Gasteiger partial charge on any atom is -0.489 e. The Morgan fingerprint density at radius 3 is 2.55 bits per heavy atom. The summed E-state index contributed by atoms with van der Waals surface area (Å²) < 4.78 is 19.3. The first kappa shape index (κ1) is 14.4. The molecule has 0 heterocycles. The highest BCUT2D eigenvalue weighted by molar-refractivity contribution is 5.42.